The van der Waals surface area contributed by atoms with Gasteiger partial charge in [-0.3, -0.25) is 9.09 Å². The summed E-state index contributed by atoms with van der Waals surface area (Å²) in [4.78, 5) is 15.8. The summed E-state index contributed by atoms with van der Waals surface area (Å²) >= 11 is 11.5. The SMILES string of the molecule is Cc1ccc(OP(=S)(OC[C@@]2(C(F)F)O[C@@H](n3cc(Cl)c(N)nc3=O)[C@H](O)[C@@H]2O)Oc2ccc(C)cc2)cc1. The predicted molar refractivity (Wildman–Crippen MR) is 143 cm³/mol. The van der Waals surface area contributed by atoms with Crippen LogP contribution in [0.15, 0.2) is 59.5 Å². The number of nitrogen functional groups attached to an aromatic ring is 1. The second-order valence-electron chi connectivity index (χ2n) is 8.89. The first-order chi connectivity index (χ1) is 18.3. The zero-order valence-corrected chi connectivity index (χ0v) is 23.1. The molecule has 2 aromatic carbocycles. The fraction of sp³-hybridized carbons (Fsp3) is 0.333. The van der Waals surface area contributed by atoms with Crippen LogP contribution in [0.3, 0.4) is 0 Å². The molecule has 0 bridgehead atoms. The maximum absolute atomic E-state index is 14.5. The van der Waals surface area contributed by atoms with Gasteiger partial charge in [-0.2, -0.15) is 4.98 Å². The number of anilines is 1. The molecule has 4 atom stereocenters. The third-order valence-corrected chi connectivity index (χ3v) is 8.33. The number of rotatable bonds is 9. The van der Waals surface area contributed by atoms with E-state index in [2.05, 4.69) is 4.98 Å². The van der Waals surface area contributed by atoms with Gasteiger partial charge in [-0.05, 0) is 38.1 Å². The molecule has 0 radical (unpaired) electrons. The summed E-state index contributed by atoms with van der Waals surface area (Å²) in [5.74, 6) is 0.195. The van der Waals surface area contributed by atoms with Crippen molar-refractivity contribution in [2.45, 2.75) is 44.3 Å². The van der Waals surface area contributed by atoms with E-state index in [-0.39, 0.29) is 22.3 Å². The normalized spacial score (nSPS) is 23.2. The molecule has 15 heteroatoms. The van der Waals surface area contributed by atoms with E-state index in [0.717, 1.165) is 17.3 Å². The minimum atomic E-state index is -3.88. The van der Waals surface area contributed by atoms with Gasteiger partial charge < -0.3 is 29.7 Å². The Morgan fingerprint density at radius 2 is 1.64 bits per heavy atom. The Hall–Kier alpha value is -2.64. The number of aryl methyl sites for hydroxylation is 2. The number of aliphatic hydroxyl groups is 2. The van der Waals surface area contributed by atoms with Crippen molar-refractivity contribution in [2.24, 2.45) is 0 Å². The van der Waals surface area contributed by atoms with Gasteiger partial charge in [-0.15, -0.1) is 0 Å². The molecule has 210 valence electrons. The van der Waals surface area contributed by atoms with Gasteiger partial charge in [0, 0.05) is 18.0 Å². The van der Waals surface area contributed by atoms with E-state index >= 15 is 0 Å². The van der Waals surface area contributed by atoms with E-state index in [0.29, 0.717) is 4.57 Å². The molecule has 1 aromatic heterocycles. The zero-order chi connectivity index (χ0) is 28.5. The summed E-state index contributed by atoms with van der Waals surface area (Å²) in [6, 6.07) is 13.4. The highest BCUT2D eigenvalue weighted by atomic mass is 35.5. The fourth-order valence-corrected chi connectivity index (χ4v) is 5.83. The van der Waals surface area contributed by atoms with E-state index in [1.165, 1.54) is 0 Å². The summed E-state index contributed by atoms with van der Waals surface area (Å²) in [6.45, 7) is -1.23. The van der Waals surface area contributed by atoms with Gasteiger partial charge >= 0.3 is 12.4 Å². The van der Waals surface area contributed by atoms with Crippen LogP contribution in [-0.2, 0) is 21.1 Å². The molecule has 0 unspecified atom stereocenters. The maximum Gasteiger partial charge on any atom is 0.435 e. The quantitative estimate of drug-likeness (QED) is 0.310. The number of ether oxygens (including phenoxy) is 1. The highest BCUT2D eigenvalue weighted by Crippen LogP contribution is 2.52. The monoisotopic (exact) mass is 603 g/mol. The lowest BCUT2D eigenvalue weighted by Crippen LogP contribution is -2.52. The maximum atomic E-state index is 14.5. The van der Waals surface area contributed by atoms with Gasteiger partial charge in [0.2, 0.25) is 0 Å². The Kier molecular flexibility index (Phi) is 8.62. The van der Waals surface area contributed by atoms with E-state index in [9.17, 15) is 23.8 Å². The first kappa shape index (κ1) is 29.3. The van der Waals surface area contributed by atoms with Crippen LogP contribution in [0.25, 0.3) is 0 Å². The van der Waals surface area contributed by atoms with Gasteiger partial charge in [0.15, 0.2) is 11.8 Å². The summed E-state index contributed by atoms with van der Waals surface area (Å²) in [5.41, 5.74) is 3.49. The molecule has 1 fully saturated rings. The Morgan fingerprint density at radius 1 is 1.13 bits per heavy atom. The van der Waals surface area contributed by atoms with Gasteiger partial charge in [0.25, 0.3) is 6.43 Å². The van der Waals surface area contributed by atoms with Crippen LogP contribution in [-0.4, -0.2) is 50.6 Å². The molecule has 1 saturated heterocycles. The molecule has 0 amide bonds. The lowest BCUT2D eigenvalue weighted by atomic mass is 9.96. The van der Waals surface area contributed by atoms with Crippen LogP contribution in [0, 0.1) is 13.8 Å². The number of nitrogens with zero attached hydrogens (tertiary/aromatic N) is 2. The molecule has 39 heavy (non-hydrogen) atoms. The summed E-state index contributed by atoms with van der Waals surface area (Å²) in [6.07, 6.45) is -8.49. The minimum Gasteiger partial charge on any atom is -0.416 e. The second kappa shape index (κ2) is 11.5. The fourth-order valence-electron chi connectivity index (χ4n) is 3.74. The number of halogens is 3. The van der Waals surface area contributed by atoms with Crippen molar-refractivity contribution in [3.05, 3.63) is 81.4 Å². The molecule has 0 spiro atoms. The molecule has 0 saturated carbocycles. The molecule has 0 aliphatic carbocycles. The predicted octanol–water partition coefficient (Wildman–Crippen LogP) is 3.75. The first-order valence-electron chi connectivity index (χ1n) is 11.5. The first-order valence-corrected chi connectivity index (χ1v) is 14.4. The molecule has 4 rings (SSSR count). The second-order valence-corrected chi connectivity index (χ2v) is 12.2. The Morgan fingerprint density at radius 3 is 2.13 bits per heavy atom. The van der Waals surface area contributed by atoms with Crippen molar-refractivity contribution in [3.8, 4) is 11.5 Å². The van der Waals surface area contributed by atoms with Gasteiger partial charge in [0.1, 0.15) is 29.5 Å². The number of benzene rings is 2. The van der Waals surface area contributed by atoms with Crippen LogP contribution in [0.2, 0.25) is 5.02 Å². The van der Waals surface area contributed by atoms with Crippen molar-refractivity contribution >= 4 is 35.9 Å². The number of aliphatic hydroxyl groups excluding tert-OH is 2. The molecule has 3 aromatic rings. The van der Waals surface area contributed by atoms with Gasteiger partial charge in [-0.25, -0.2) is 13.6 Å². The smallest absolute Gasteiger partial charge is 0.416 e. The summed E-state index contributed by atoms with van der Waals surface area (Å²) in [7, 11) is 0. The van der Waals surface area contributed by atoms with Crippen molar-refractivity contribution in [1.29, 1.82) is 0 Å². The highest BCUT2D eigenvalue weighted by molar-refractivity contribution is 8.07. The zero-order valence-electron chi connectivity index (χ0n) is 20.6. The van der Waals surface area contributed by atoms with Crippen LogP contribution in [0.5, 0.6) is 11.5 Å². The highest BCUT2D eigenvalue weighted by Gasteiger charge is 2.61. The lowest BCUT2D eigenvalue weighted by Gasteiger charge is -2.33. The third kappa shape index (κ3) is 6.25. The van der Waals surface area contributed by atoms with Crippen LogP contribution in [0.4, 0.5) is 14.6 Å². The van der Waals surface area contributed by atoms with E-state index in [1.54, 1.807) is 48.5 Å². The third-order valence-electron chi connectivity index (χ3n) is 5.96. The standard InChI is InChI=1S/C24H25ClF2N3O7PS/c1-13-3-7-15(8-4-13)36-38(39,37-16-9-5-14(2)6-10-16)34-12-24(22(26)27)19(32)18(31)21(35-24)30-11-17(25)20(28)29-23(30)33/h3-11,18-19,21-22,31-32H,12H2,1-2H3,(H2,28,29,33)/t18-,19+,21-,24-/m1/s1. The Bertz CT molecular complexity index is 1380. The average molecular weight is 604 g/mol. The average Bonchev–Trinajstić information content (AvgIpc) is 3.14. The topological polar surface area (TPSA) is 138 Å². The van der Waals surface area contributed by atoms with Crippen LogP contribution in [0.1, 0.15) is 17.4 Å². The minimum absolute atomic E-state index is 0.195. The molecular weight excluding hydrogens is 579 g/mol. The molecule has 1 aliphatic rings. The van der Waals surface area contributed by atoms with Crippen molar-refractivity contribution in [2.75, 3.05) is 12.3 Å². The van der Waals surface area contributed by atoms with Crippen molar-refractivity contribution < 1.29 is 37.3 Å². The number of hydrogen-bond acceptors (Lipinski definition) is 10. The van der Waals surface area contributed by atoms with Crippen LogP contribution < -0.4 is 20.5 Å². The van der Waals surface area contributed by atoms with Gasteiger partial charge in [0.05, 0.1) is 11.6 Å². The number of alkyl halides is 2. The van der Waals surface area contributed by atoms with E-state index < -0.39 is 49.5 Å². The van der Waals surface area contributed by atoms with Crippen molar-refractivity contribution in [1.82, 2.24) is 9.55 Å². The largest absolute Gasteiger partial charge is 0.435 e. The number of nitrogens with two attached hydrogens (primary N) is 1. The lowest BCUT2D eigenvalue weighted by molar-refractivity contribution is -0.192. The van der Waals surface area contributed by atoms with E-state index in [1.807, 2.05) is 13.8 Å². The summed E-state index contributed by atoms with van der Waals surface area (Å²) in [5, 5.41) is 21.2. The molecule has 1 aliphatic heterocycles. The molecule has 10 nitrogen and oxygen atoms in total. The summed E-state index contributed by atoms with van der Waals surface area (Å²) < 4.78 is 52.5. The molecular formula is C24H25ClF2N3O7PS. The Labute approximate surface area is 232 Å². The van der Waals surface area contributed by atoms with E-state index in [4.69, 9.17) is 47.4 Å². The van der Waals surface area contributed by atoms with Crippen molar-refractivity contribution in [3.63, 3.8) is 0 Å². The molecule has 2 heterocycles. The number of aromatic nitrogens is 2. The molecule has 4 N–H and O–H groups in total. The Balaban J connectivity index is 1.65. The van der Waals surface area contributed by atoms with Gasteiger partial charge in [-0.1, -0.05) is 47.0 Å². The number of hydrogen-bond donors (Lipinski definition) is 3. The van der Waals surface area contributed by atoms with Crippen LogP contribution >= 0.6 is 18.3 Å².